The maximum absolute atomic E-state index is 4.49. The molecule has 0 unspecified atom stereocenters. The van der Waals surface area contributed by atoms with Crippen molar-refractivity contribution in [1.82, 2.24) is 35.5 Å². The van der Waals surface area contributed by atoms with Gasteiger partial charge in [0.25, 0.3) is 0 Å². The third-order valence-corrected chi connectivity index (χ3v) is 6.45. The maximum atomic E-state index is 4.49. The molecule has 0 radical (unpaired) electrons. The molecule has 38 heavy (non-hydrogen) atoms. The summed E-state index contributed by atoms with van der Waals surface area (Å²) in [5.41, 5.74) is 8.55. The summed E-state index contributed by atoms with van der Waals surface area (Å²) in [7, 11) is 2.20. The monoisotopic (exact) mass is 509 g/mol. The van der Waals surface area contributed by atoms with Crippen molar-refractivity contribution in [2.45, 2.75) is 39.8 Å². The summed E-state index contributed by atoms with van der Waals surface area (Å²) in [5.74, 6) is 0. The Morgan fingerprint density at radius 3 is 1.39 bits per heavy atom. The molecule has 0 aliphatic rings. The molecule has 0 aliphatic carbocycles. The molecule has 7 heteroatoms. The van der Waals surface area contributed by atoms with Crippen molar-refractivity contribution in [3.8, 4) is 22.8 Å². The minimum atomic E-state index is 0.839. The van der Waals surface area contributed by atoms with Gasteiger partial charge in [-0.3, -0.25) is 19.9 Å². The van der Waals surface area contributed by atoms with Crippen LogP contribution in [0.4, 0.5) is 0 Å². The predicted molar refractivity (Wildman–Crippen MR) is 155 cm³/mol. The quantitative estimate of drug-likeness (QED) is 0.236. The van der Waals surface area contributed by atoms with E-state index in [4.69, 9.17) is 0 Å². The number of hydrogen-bond donors (Lipinski definition) is 2. The summed E-state index contributed by atoms with van der Waals surface area (Å²) in [6.07, 6.45) is 9.65. The number of rotatable bonds is 14. The molecule has 0 aromatic carbocycles. The van der Waals surface area contributed by atoms with Crippen molar-refractivity contribution >= 4 is 0 Å². The van der Waals surface area contributed by atoms with E-state index in [1.54, 1.807) is 0 Å². The number of aromatic nitrogens is 4. The van der Waals surface area contributed by atoms with E-state index in [1.807, 2.05) is 36.9 Å². The number of hydrogen-bond acceptors (Lipinski definition) is 7. The zero-order valence-electron chi connectivity index (χ0n) is 22.8. The molecule has 4 heterocycles. The molecule has 4 aromatic rings. The number of nitrogens with zero attached hydrogens (tertiary/aromatic N) is 5. The standard InChI is InChI=1S/C31H39N7/c1-24-6-12-34-28(18-24)30-20-26(8-14-36-30)22-32-10-4-16-38(3)17-5-11-33-23-27-9-15-37-31(21-27)29-19-25(2)7-13-35-29/h6-9,12-15,18-21,32-33H,4-5,10-11,16-17,22-23H2,1-3H3. The van der Waals surface area contributed by atoms with Gasteiger partial charge in [-0.05, 0) is 131 Å². The van der Waals surface area contributed by atoms with E-state index in [-0.39, 0.29) is 0 Å². The fourth-order valence-electron chi connectivity index (χ4n) is 4.33. The van der Waals surface area contributed by atoms with E-state index in [2.05, 4.69) is 92.8 Å². The highest BCUT2D eigenvalue weighted by atomic mass is 15.1. The van der Waals surface area contributed by atoms with E-state index < -0.39 is 0 Å². The molecule has 0 saturated carbocycles. The van der Waals surface area contributed by atoms with Gasteiger partial charge in [0.2, 0.25) is 0 Å². The highest BCUT2D eigenvalue weighted by molar-refractivity contribution is 5.56. The van der Waals surface area contributed by atoms with Crippen LogP contribution in [0, 0.1) is 13.8 Å². The smallest absolute Gasteiger partial charge is 0.0889 e. The zero-order valence-corrected chi connectivity index (χ0v) is 22.8. The van der Waals surface area contributed by atoms with Crippen LogP contribution in [0.5, 0.6) is 0 Å². The summed E-state index contributed by atoms with van der Waals surface area (Å²) in [6.45, 7) is 9.97. The lowest BCUT2D eigenvalue weighted by molar-refractivity contribution is 0.320. The normalized spacial score (nSPS) is 11.3. The first-order chi connectivity index (χ1) is 18.6. The first-order valence-electron chi connectivity index (χ1n) is 13.4. The predicted octanol–water partition coefficient (Wildman–Crippen LogP) is 4.81. The fourth-order valence-corrected chi connectivity index (χ4v) is 4.33. The van der Waals surface area contributed by atoms with Crippen molar-refractivity contribution < 1.29 is 0 Å². The molecular weight excluding hydrogens is 470 g/mol. The van der Waals surface area contributed by atoms with Crippen LogP contribution < -0.4 is 10.6 Å². The Kier molecular flexibility index (Phi) is 10.4. The highest BCUT2D eigenvalue weighted by Crippen LogP contribution is 2.17. The number of aryl methyl sites for hydroxylation is 2. The topological polar surface area (TPSA) is 78.9 Å². The van der Waals surface area contributed by atoms with Gasteiger partial charge in [0.15, 0.2) is 0 Å². The summed E-state index contributed by atoms with van der Waals surface area (Å²) in [4.78, 5) is 20.3. The van der Waals surface area contributed by atoms with E-state index in [9.17, 15) is 0 Å². The van der Waals surface area contributed by atoms with Crippen molar-refractivity contribution in [2.24, 2.45) is 0 Å². The van der Waals surface area contributed by atoms with Crippen molar-refractivity contribution in [3.05, 3.63) is 95.6 Å². The van der Waals surface area contributed by atoms with Gasteiger partial charge in [-0.25, -0.2) is 0 Å². The number of pyridine rings is 4. The minimum absolute atomic E-state index is 0.839. The van der Waals surface area contributed by atoms with Gasteiger partial charge in [-0.1, -0.05) is 0 Å². The first kappa shape index (κ1) is 27.5. The van der Waals surface area contributed by atoms with Gasteiger partial charge in [0, 0.05) is 37.9 Å². The Hall–Kier alpha value is -3.52. The summed E-state index contributed by atoms with van der Waals surface area (Å²) in [6, 6.07) is 16.5. The molecular formula is C31H39N7. The molecule has 0 atom stereocenters. The SMILES string of the molecule is Cc1ccnc(-c2cc(CNCCCN(C)CCCNCc3ccnc(-c4cc(C)ccn4)c3)ccn2)c1. The lowest BCUT2D eigenvalue weighted by atomic mass is 10.1. The molecule has 2 N–H and O–H groups in total. The molecule has 4 rings (SSSR count). The van der Waals surface area contributed by atoms with Crippen molar-refractivity contribution in [1.29, 1.82) is 0 Å². The molecule has 0 saturated heterocycles. The van der Waals surface area contributed by atoms with Crippen LogP contribution in [0.25, 0.3) is 22.8 Å². The molecule has 4 aromatic heterocycles. The van der Waals surface area contributed by atoms with Gasteiger partial charge in [0.1, 0.15) is 0 Å². The van der Waals surface area contributed by atoms with E-state index >= 15 is 0 Å². The highest BCUT2D eigenvalue weighted by Gasteiger charge is 2.05. The Bertz CT molecular complexity index is 1190. The second kappa shape index (κ2) is 14.4. The molecule has 0 fully saturated rings. The van der Waals surface area contributed by atoms with Gasteiger partial charge in [-0.15, -0.1) is 0 Å². The summed E-state index contributed by atoms with van der Waals surface area (Å²) < 4.78 is 0. The lowest BCUT2D eigenvalue weighted by Crippen LogP contribution is -2.27. The Morgan fingerprint density at radius 2 is 0.974 bits per heavy atom. The largest absolute Gasteiger partial charge is 0.313 e. The molecule has 0 aliphatic heterocycles. The van der Waals surface area contributed by atoms with Gasteiger partial charge in [0.05, 0.1) is 22.8 Å². The second-order valence-corrected chi connectivity index (χ2v) is 9.90. The van der Waals surface area contributed by atoms with Gasteiger partial charge in [-0.2, -0.15) is 0 Å². The van der Waals surface area contributed by atoms with Crippen molar-refractivity contribution in [2.75, 3.05) is 33.2 Å². The van der Waals surface area contributed by atoms with Crippen LogP contribution in [0.3, 0.4) is 0 Å². The third-order valence-electron chi connectivity index (χ3n) is 6.45. The van der Waals surface area contributed by atoms with Crippen LogP contribution in [-0.4, -0.2) is 58.1 Å². The zero-order chi connectivity index (χ0) is 26.6. The Morgan fingerprint density at radius 1 is 0.579 bits per heavy atom. The average Bonchev–Trinajstić information content (AvgIpc) is 2.93. The molecule has 198 valence electrons. The lowest BCUT2D eigenvalue weighted by Gasteiger charge is -2.17. The Balaban J connectivity index is 1.08. The summed E-state index contributed by atoms with van der Waals surface area (Å²) >= 11 is 0. The molecule has 0 bridgehead atoms. The minimum Gasteiger partial charge on any atom is -0.313 e. The van der Waals surface area contributed by atoms with E-state index in [0.29, 0.717) is 0 Å². The fraction of sp³-hybridized carbons (Fsp3) is 0.355. The third kappa shape index (κ3) is 8.80. The molecule has 7 nitrogen and oxygen atoms in total. The van der Waals surface area contributed by atoms with Crippen LogP contribution in [0.2, 0.25) is 0 Å². The second-order valence-electron chi connectivity index (χ2n) is 9.90. The van der Waals surface area contributed by atoms with Gasteiger partial charge < -0.3 is 15.5 Å². The van der Waals surface area contributed by atoms with Crippen LogP contribution in [0.15, 0.2) is 73.3 Å². The average molecular weight is 510 g/mol. The first-order valence-corrected chi connectivity index (χ1v) is 13.4. The number of nitrogens with one attached hydrogen (secondary N) is 2. The van der Waals surface area contributed by atoms with E-state index in [1.165, 1.54) is 22.3 Å². The van der Waals surface area contributed by atoms with E-state index in [0.717, 1.165) is 74.9 Å². The van der Waals surface area contributed by atoms with Crippen LogP contribution in [-0.2, 0) is 13.1 Å². The van der Waals surface area contributed by atoms with Crippen LogP contribution >= 0.6 is 0 Å². The summed E-state index contributed by atoms with van der Waals surface area (Å²) in [5, 5.41) is 7.13. The molecule has 0 spiro atoms. The molecule has 0 amide bonds. The van der Waals surface area contributed by atoms with Crippen molar-refractivity contribution in [3.63, 3.8) is 0 Å². The maximum Gasteiger partial charge on any atom is 0.0889 e. The van der Waals surface area contributed by atoms with Gasteiger partial charge >= 0.3 is 0 Å². The van der Waals surface area contributed by atoms with Crippen LogP contribution in [0.1, 0.15) is 35.1 Å². The Labute approximate surface area is 226 Å².